The maximum absolute atomic E-state index is 11.4. The Morgan fingerprint density at radius 3 is 3.00 bits per heavy atom. The van der Waals surface area contributed by atoms with Gasteiger partial charge in [0, 0.05) is 37.6 Å². The van der Waals surface area contributed by atoms with Gasteiger partial charge in [0.1, 0.15) is 11.6 Å². The number of aryl methyl sites for hydroxylation is 1. The molecule has 4 N–H and O–H groups in total. The number of nitrogens with two attached hydrogens (primary N) is 1. The van der Waals surface area contributed by atoms with Gasteiger partial charge in [0.15, 0.2) is 0 Å². The third kappa shape index (κ3) is 2.89. The van der Waals surface area contributed by atoms with Gasteiger partial charge < -0.3 is 20.3 Å². The Hall–Kier alpha value is -2.35. The molecule has 21 heavy (non-hydrogen) atoms. The van der Waals surface area contributed by atoms with Gasteiger partial charge in [0.25, 0.3) is 5.56 Å². The van der Waals surface area contributed by atoms with Crippen molar-refractivity contribution in [3.8, 4) is 0 Å². The smallest absolute Gasteiger partial charge is 0.254 e. The van der Waals surface area contributed by atoms with Crippen LogP contribution in [0.1, 0.15) is 11.5 Å². The summed E-state index contributed by atoms with van der Waals surface area (Å²) in [5, 5.41) is 14.0. The van der Waals surface area contributed by atoms with Crippen LogP contribution in [-0.4, -0.2) is 39.4 Å². The second-order valence-corrected chi connectivity index (χ2v) is 5.36. The van der Waals surface area contributed by atoms with E-state index >= 15 is 0 Å². The molecule has 0 radical (unpaired) electrons. The Morgan fingerprint density at radius 2 is 2.33 bits per heavy atom. The van der Waals surface area contributed by atoms with E-state index in [9.17, 15) is 9.90 Å². The number of anilines is 2. The van der Waals surface area contributed by atoms with Gasteiger partial charge in [-0.1, -0.05) is 5.16 Å². The molecule has 1 saturated heterocycles. The van der Waals surface area contributed by atoms with Gasteiger partial charge in [-0.15, -0.1) is 0 Å². The van der Waals surface area contributed by atoms with Crippen molar-refractivity contribution in [3.05, 3.63) is 33.9 Å². The number of hydrogen-bond donors (Lipinski definition) is 3. The van der Waals surface area contributed by atoms with E-state index in [1.54, 1.807) is 0 Å². The molecule has 1 fully saturated rings. The number of nitrogens with zero attached hydrogens (tertiary/aromatic N) is 3. The third-order valence-electron chi connectivity index (χ3n) is 3.62. The minimum atomic E-state index is -0.516. The van der Waals surface area contributed by atoms with Crippen LogP contribution in [0.25, 0.3) is 0 Å². The molecule has 0 amide bonds. The lowest BCUT2D eigenvalue weighted by Gasteiger charge is -2.16. The number of rotatable bonds is 3. The van der Waals surface area contributed by atoms with E-state index in [-0.39, 0.29) is 17.4 Å². The van der Waals surface area contributed by atoms with Gasteiger partial charge in [-0.3, -0.25) is 9.78 Å². The summed E-state index contributed by atoms with van der Waals surface area (Å²) in [5.41, 5.74) is 6.06. The van der Waals surface area contributed by atoms with E-state index in [2.05, 4.69) is 15.1 Å². The summed E-state index contributed by atoms with van der Waals surface area (Å²) in [5.74, 6) is 1.30. The van der Waals surface area contributed by atoms with Crippen molar-refractivity contribution in [2.45, 2.75) is 19.4 Å². The van der Waals surface area contributed by atoms with Gasteiger partial charge in [0.2, 0.25) is 5.95 Å². The maximum atomic E-state index is 11.4. The number of H-pyrrole nitrogens is 1. The van der Waals surface area contributed by atoms with Crippen molar-refractivity contribution >= 4 is 11.8 Å². The molecule has 0 spiro atoms. The predicted octanol–water partition coefficient (Wildman–Crippen LogP) is -0.312. The number of hydrogen-bond acceptors (Lipinski definition) is 7. The van der Waals surface area contributed by atoms with Crippen LogP contribution in [0.2, 0.25) is 0 Å². The number of β-amino-alcohol motifs (C(OH)–C–C–N with tert-alkyl or cyclic N) is 1. The molecule has 1 aliphatic heterocycles. The van der Waals surface area contributed by atoms with E-state index in [0.29, 0.717) is 25.3 Å². The van der Waals surface area contributed by atoms with Crippen molar-refractivity contribution in [2.75, 3.05) is 23.7 Å². The molecule has 2 atom stereocenters. The molecule has 3 rings (SSSR count). The topological polar surface area (TPSA) is 121 Å². The van der Waals surface area contributed by atoms with Gasteiger partial charge in [0.05, 0.1) is 11.8 Å². The summed E-state index contributed by atoms with van der Waals surface area (Å²) in [6, 6.07) is 3.24. The van der Waals surface area contributed by atoms with Crippen molar-refractivity contribution in [2.24, 2.45) is 5.92 Å². The molecule has 0 saturated carbocycles. The molecule has 2 aromatic heterocycles. The fraction of sp³-hybridized carbons (Fsp3) is 0.462. The van der Waals surface area contributed by atoms with Gasteiger partial charge in [-0.2, -0.15) is 4.98 Å². The highest BCUT2D eigenvalue weighted by molar-refractivity contribution is 5.42. The minimum absolute atomic E-state index is 0.000313. The molecule has 0 aliphatic carbocycles. The van der Waals surface area contributed by atoms with Crippen LogP contribution in [-0.2, 0) is 6.42 Å². The van der Waals surface area contributed by atoms with Crippen LogP contribution in [0.4, 0.5) is 11.8 Å². The highest BCUT2D eigenvalue weighted by Crippen LogP contribution is 2.25. The largest absolute Gasteiger partial charge is 0.391 e. The van der Waals surface area contributed by atoms with Crippen LogP contribution in [0.15, 0.2) is 21.5 Å². The first-order valence-electron chi connectivity index (χ1n) is 6.73. The SMILES string of the molecule is Cc1cc(C[C@@H]2CN(c3cc(=O)[nH]c(N)n3)C[C@@H]2O)on1. The molecule has 3 heterocycles. The van der Waals surface area contributed by atoms with Crippen molar-refractivity contribution < 1.29 is 9.63 Å². The van der Waals surface area contributed by atoms with Gasteiger partial charge in [-0.05, 0) is 6.92 Å². The molecule has 8 heteroatoms. The van der Waals surface area contributed by atoms with Crippen LogP contribution in [0.5, 0.6) is 0 Å². The maximum Gasteiger partial charge on any atom is 0.254 e. The molecule has 0 bridgehead atoms. The van der Waals surface area contributed by atoms with Gasteiger partial charge >= 0.3 is 0 Å². The molecule has 0 aromatic carbocycles. The number of aliphatic hydroxyl groups excluding tert-OH is 1. The number of nitrogen functional groups attached to an aromatic ring is 1. The zero-order valence-electron chi connectivity index (χ0n) is 11.6. The second-order valence-electron chi connectivity index (χ2n) is 5.36. The highest BCUT2D eigenvalue weighted by atomic mass is 16.5. The summed E-state index contributed by atoms with van der Waals surface area (Å²) in [6.07, 6.45) is 0.0784. The van der Waals surface area contributed by atoms with E-state index in [1.807, 2.05) is 17.9 Å². The molecule has 112 valence electrons. The number of aromatic nitrogens is 3. The van der Waals surface area contributed by atoms with E-state index in [4.69, 9.17) is 10.3 Å². The molecule has 1 aliphatic rings. The summed E-state index contributed by atoms with van der Waals surface area (Å²) in [7, 11) is 0. The Labute approximate surface area is 120 Å². The summed E-state index contributed by atoms with van der Waals surface area (Å²) >= 11 is 0. The van der Waals surface area contributed by atoms with Crippen LogP contribution in [0.3, 0.4) is 0 Å². The average Bonchev–Trinajstić information content (AvgIpc) is 2.96. The Balaban J connectivity index is 1.74. The molecule has 8 nitrogen and oxygen atoms in total. The zero-order chi connectivity index (χ0) is 15.0. The quantitative estimate of drug-likeness (QED) is 0.709. The molecular formula is C13H17N5O3. The first kappa shape index (κ1) is 13.6. The predicted molar refractivity (Wildman–Crippen MR) is 75.9 cm³/mol. The van der Waals surface area contributed by atoms with E-state index in [0.717, 1.165) is 11.5 Å². The van der Waals surface area contributed by atoms with E-state index in [1.165, 1.54) is 6.07 Å². The monoisotopic (exact) mass is 291 g/mol. The second kappa shape index (κ2) is 5.21. The third-order valence-corrected chi connectivity index (χ3v) is 3.62. The molecule has 0 unspecified atom stereocenters. The summed E-state index contributed by atoms with van der Waals surface area (Å²) in [4.78, 5) is 19.8. The molecule has 2 aromatic rings. The van der Waals surface area contributed by atoms with E-state index < -0.39 is 6.10 Å². The zero-order valence-corrected chi connectivity index (χ0v) is 11.6. The first-order valence-corrected chi connectivity index (χ1v) is 6.73. The van der Waals surface area contributed by atoms with Crippen molar-refractivity contribution in [1.29, 1.82) is 0 Å². The fourth-order valence-electron chi connectivity index (χ4n) is 2.64. The summed E-state index contributed by atoms with van der Waals surface area (Å²) < 4.78 is 5.18. The Morgan fingerprint density at radius 1 is 1.52 bits per heavy atom. The summed E-state index contributed by atoms with van der Waals surface area (Å²) in [6.45, 7) is 2.85. The van der Waals surface area contributed by atoms with Crippen LogP contribution in [0, 0.1) is 12.8 Å². The number of aliphatic hydroxyl groups is 1. The number of aromatic amines is 1. The standard InChI is InChI=1S/C13H17N5O3/c1-7-2-9(21-17-7)3-8-5-18(6-10(8)19)11-4-12(20)16-13(14)15-11/h2,4,8,10,19H,3,5-6H2,1H3,(H3,14,15,16,20)/t8-,10+/m1/s1. The first-order chi connectivity index (χ1) is 10.0. The van der Waals surface area contributed by atoms with Crippen molar-refractivity contribution in [3.63, 3.8) is 0 Å². The van der Waals surface area contributed by atoms with Crippen LogP contribution >= 0.6 is 0 Å². The van der Waals surface area contributed by atoms with Gasteiger partial charge in [-0.25, -0.2) is 0 Å². The minimum Gasteiger partial charge on any atom is -0.391 e. The molecular weight excluding hydrogens is 274 g/mol. The normalized spacial score (nSPS) is 21.9. The highest BCUT2D eigenvalue weighted by Gasteiger charge is 2.33. The fourth-order valence-corrected chi connectivity index (χ4v) is 2.64. The van der Waals surface area contributed by atoms with Crippen LogP contribution < -0.4 is 16.2 Å². The lowest BCUT2D eigenvalue weighted by molar-refractivity contribution is 0.143. The Kier molecular flexibility index (Phi) is 3.38. The lowest BCUT2D eigenvalue weighted by atomic mass is 10.0. The average molecular weight is 291 g/mol. The van der Waals surface area contributed by atoms with Crippen molar-refractivity contribution in [1.82, 2.24) is 15.1 Å². The lowest BCUT2D eigenvalue weighted by Crippen LogP contribution is -2.25. The Bertz CT molecular complexity index is 695. The number of nitrogens with one attached hydrogen (secondary N) is 1.